The van der Waals surface area contributed by atoms with Gasteiger partial charge in [-0.15, -0.1) is 0 Å². The van der Waals surface area contributed by atoms with Crippen LogP contribution in [0.3, 0.4) is 0 Å². The lowest BCUT2D eigenvalue weighted by atomic mass is 9.97. The first-order valence-corrected chi connectivity index (χ1v) is 33.5. The second-order valence-corrected chi connectivity index (χ2v) is 23.2. The standard InChI is InChI=1S/C70H121NO13/c1-3-5-7-9-11-13-14-15-16-17-18-19-20-21-22-23-24-25-26-27-28-29-30-31-32-33-34-35-36-37-38-39-40-41-42-43-44-46-48-50-52-54-62(75)71-58(59(74)53-51-49-47-45-12-10-8-6-4-2)57-81-69-67(80)65(78)68(61(56-73)83-69)84-70-66(79)64(77)63(76)60(55-72)82-70/h5,7,11,13,15-16,18-19,21-22,24-25,27-28,51,53,58-61,63-70,72-74,76-80H,3-4,6,8-10,12,14,17,20,23,26,29-50,52,54-57H2,1-2H3,(H,71,75)/b7-5-,13-11-,16-15-,19-18-,22-21-,25-24-,28-27-,53-51+. The Kier molecular flexibility index (Phi) is 49.6. The molecule has 2 saturated heterocycles. The summed E-state index contributed by atoms with van der Waals surface area (Å²) >= 11 is 0. The van der Waals surface area contributed by atoms with Gasteiger partial charge < -0.3 is 65.1 Å². The number of nitrogens with one attached hydrogen (secondary N) is 1. The van der Waals surface area contributed by atoms with Crippen LogP contribution in [0.5, 0.6) is 0 Å². The summed E-state index contributed by atoms with van der Waals surface area (Å²) in [5.41, 5.74) is 0. The number of amides is 1. The lowest BCUT2D eigenvalue weighted by Crippen LogP contribution is -2.65. The number of allylic oxidation sites excluding steroid dienone is 15. The molecule has 14 nitrogen and oxygen atoms in total. The zero-order chi connectivity index (χ0) is 60.9. The first-order chi connectivity index (χ1) is 41.1. The van der Waals surface area contributed by atoms with Gasteiger partial charge in [-0.1, -0.05) is 259 Å². The average Bonchev–Trinajstić information content (AvgIpc) is 2.28. The van der Waals surface area contributed by atoms with Crippen LogP contribution in [0.2, 0.25) is 0 Å². The van der Waals surface area contributed by atoms with Crippen LogP contribution in [-0.4, -0.2) is 140 Å². The van der Waals surface area contributed by atoms with Crippen LogP contribution >= 0.6 is 0 Å². The molecule has 0 saturated carbocycles. The molecule has 9 N–H and O–H groups in total. The van der Waals surface area contributed by atoms with E-state index in [1.807, 2.05) is 6.08 Å². The number of aliphatic hydroxyl groups is 8. The average molecular weight is 1180 g/mol. The zero-order valence-corrected chi connectivity index (χ0v) is 52.4. The van der Waals surface area contributed by atoms with Gasteiger partial charge in [0.2, 0.25) is 5.91 Å². The van der Waals surface area contributed by atoms with Crippen molar-refractivity contribution < 1.29 is 64.6 Å². The molecule has 2 aliphatic rings. The minimum Gasteiger partial charge on any atom is -0.394 e. The maximum atomic E-state index is 13.2. The fourth-order valence-electron chi connectivity index (χ4n) is 10.4. The highest BCUT2D eigenvalue weighted by atomic mass is 16.7. The number of hydrogen-bond acceptors (Lipinski definition) is 13. The Labute approximate surface area is 509 Å². The Morgan fingerprint density at radius 1 is 0.440 bits per heavy atom. The second-order valence-electron chi connectivity index (χ2n) is 23.2. The first-order valence-electron chi connectivity index (χ1n) is 33.5. The van der Waals surface area contributed by atoms with Crippen molar-refractivity contribution in [2.75, 3.05) is 19.8 Å². The van der Waals surface area contributed by atoms with Gasteiger partial charge in [-0.05, 0) is 77.0 Å². The van der Waals surface area contributed by atoms with E-state index in [0.29, 0.717) is 6.42 Å². The number of hydrogen-bond donors (Lipinski definition) is 9. The molecule has 0 aromatic rings. The number of rotatable bonds is 53. The predicted octanol–water partition coefficient (Wildman–Crippen LogP) is 13.0. The molecule has 12 unspecified atom stereocenters. The molecule has 0 aliphatic carbocycles. The number of carbonyl (C=O) groups is 1. The van der Waals surface area contributed by atoms with Crippen LogP contribution in [0, 0.1) is 0 Å². The molecular formula is C70H121NO13. The van der Waals surface area contributed by atoms with Gasteiger partial charge >= 0.3 is 0 Å². The second kappa shape index (κ2) is 54.1. The summed E-state index contributed by atoms with van der Waals surface area (Å²) in [6.07, 6.45) is 59.3. The van der Waals surface area contributed by atoms with E-state index in [9.17, 15) is 45.6 Å². The van der Waals surface area contributed by atoms with Gasteiger partial charge in [-0.3, -0.25) is 4.79 Å². The van der Waals surface area contributed by atoms with E-state index < -0.39 is 86.8 Å². The maximum Gasteiger partial charge on any atom is 0.220 e. The first kappa shape index (κ1) is 77.0. The summed E-state index contributed by atoms with van der Waals surface area (Å²) in [5.74, 6) is -0.242. The molecule has 0 bridgehead atoms. The van der Waals surface area contributed by atoms with Crippen molar-refractivity contribution in [3.8, 4) is 0 Å². The Morgan fingerprint density at radius 2 is 0.821 bits per heavy atom. The van der Waals surface area contributed by atoms with Crippen molar-refractivity contribution in [1.82, 2.24) is 5.32 Å². The molecule has 0 aromatic heterocycles. The number of carbonyl (C=O) groups excluding carboxylic acids is 1. The van der Waals surface area contributed by atoms with E-state index >= 15 is 0 Å². The number of aliphatic hydroxyl groups excluding tert-OH is 8. The normalized spacial score (nSPS) is 24.3. The van der Waals surface area contributed by atoms with Gasteiger partial charge in [-0.25, -0.2) is 0 Å². The monoisotopic (exact) mass is 1180 g/mol. The van der Waals surface area contributed by atoms with E-state index in [4.69, 9.17) is 18.9 Å². The fourth-order valence-corrected chi connectivity index (χ4v) is 10.4. The highest BCUT2D eigenvalue weighted by Crippen LogP contribution is 2.30. The molecule has 0 aromatic carbocycles. The molecule has 84 heavy (non-hydrogen) atoms. The third-order valence-corrected chi connectivity index (χ3v) is 15.8. The number of ether oxygens (including phenoxy) is 4. The summed E-state index contributed by atoms with van der Waals surface area (Å²) < 4.78 is 22.7. The Hall–Kier alpha value is -3.09. The smallest absolute Gasteiger partial charge is 0.220 e. The van der Waals surface area contributed by atoms with Gasteiger partial charge in [0.25, 0.3) is 0 Å². The van der Waals surface area contributed by atoms with E-state index in [0.717, 1.165) is 89.9 Å². The minimum atomic E-state index is -1.79. The summed E-state index contributed by atoms with van der Waals surface area (Å²) in [6, 6.07) is -0.915. The molecule has 0 radical (unpaired) electrons. The van der Waals surface area contributed by atoms with Crippen LogP contribution in [0.4, 0.5) is 0 Å². The van der Waals surface area contributed by atoms with Gasteiger partial charge in [-0.2, -0.15) is 0 Å². The molecule has 2 heterocycles. The largest absolute Gasteiger partial charge is 0.394 e. The topological polar surface area (TPSA) is 228 Å². The van der Waals surface area contributed by atoms with Crippen molar-refractivity contribution in [3.05, 3.63) is 97.2 Å². The van der Waals surface area contributed by atoms with Crippen LogP contribution < -0.4 is 5.32 Å². The van der Waals surface area contributed by atoms with Crippen LogP contribution in [0.25, 0.3) is 0 Å². The lowest BCUT2D eigenvalue weighted by Gasteiger charge is -2.46. The minimum absolute atomic E-state index is 0.242. The molecule has 484 valence electrons. The van der Waals surface area contributed by atoms with Crippen molar-refractivity contribution in [2.45, 2.75) is 319 Å². The Bertz CT molecular complexity index is 1780. The highest BCUT2D eigenvalue weighted by molar-refractivity contribution is 5.76. The van der Waals surface area contributed by atoms with E-state index in [1.54, 1.807) is 6.08 Å². The van der Waals surface area contributed by atoms with E-state index in [1.165, 1.54) is 128 Å². The fraction of sp³-hybridized carbons (Fsp3) is 0.757. The van der Waals surface area contributed by atoms with Gasteiger partial charge in [0, 0.05) is 6.42 Å². The van der Waals surface area contributed by atoms with Gasteiger partial charge in [0.05, 0.1) is 32.0 Å². The van der Waals surface area contributed by atoms with Crippen LogP contribution in [0.1, 0.15) is 245 Å². The zero-order valence-electron chi connectivity index (χ0n) is 52.4. The maximum absolute atomic E-state index is 13.2. The lowest BCUT2D eigenvalue weighted by molar-refractivity contribution is -0.359. The van der Waals surface area contributed by atoms with Crippen LogP contribution in [-0.2, 0) is 23.7 Å². The quantitative estimate of drug-likeness (QED) is 0.0204. The molecule has 12 atom stereocenters. The molecule has 2 fully saturated rings. The highest BCUT2D eigenvalue weighted by Gasteiger charge is 2.51. The summed E-state index contributed by atoms with van der Waals surface area (Å²) in [6.45, 7) is 2.64. The van der Waals surface area contributed by atoms with Crippen molar-refractivity contribution in [1.29, 1.82) is 0 Å². The third-order valence-electron chi connectivity index (χ3n) is 15.8. The van der Waals surface area contributed by atoms with Crippen molar-refractivity contribution >= 4 is 5.91 Å². The molecule has 2 aliphatic heterocycles. The van der Waals surface area contributed by atoms with Gasteiger partial charge in [0.1, 0.15) is 48.8 Å². The molecule has 2 rings (SSSR count). The molecule has 0 spiro atoms. The van der Waals surface area contributed by atoms with E-state index in [-0.39, 0.29) is 18.9 Å². The van der Waals surface area contributed by atoms with Gasteiger partial charge in [0.15, 0.2) is 12.6 Å². The Morgan fingerprint density at radius 3 is 1.26 bits per heavy atom. The predicted molar refractivity (Wildman–Crippen MR) is 341 cm³/mol. The third kappa shape index (κ3) is 38.2. The number of unbranched alkanes of at least 4 members (excludes halogenated alkanes) is 26. The van der Waals surface area contributed by atoms with E-state index in [2.05, 4.69) is 104 Å². The van der Waals surface area contributed by atoms with Crippen molar-refractivity contribution in [2.24, 2.45) is 0 Å². The SMILES string of the molecule is CC/C=C\C/C=C\C/C=C\C/C=C\C/C=C\C/C=C\C/C=C\CCCCCCCCCCCCCCCCCCCCCC(=O)NC(COC1OC(CO)C(OC2OC(CO)C(O)C(O)C2O)C(O)C1O)C(O)/C=C/CCCCCCCCC. The molecular weight excluding hydrogens is 1060 g/mol. The molecule has 1 amide bonds. The summed E-state index contributed by atoms with van der Waals surface area (Å²) in [4.78, 5) is 13.2. The Balaban J connectivity index is 1.52. The molecule has 14 heteroatoms. The van der Waals surface area contributed by atoms with Crippen molar-refractivity contribution in [3.63, 3.8) is 0 Å². The summed E-state index contributed by atoms with van der Waals surface area (Å²) in [5, 5.41) is 86.9. The van der Waals surface area contributed by atoms with Crippen LogP contribution in [0.15, 0.2) is 97.2 Å². The summed E-state index contributed by atoms with van der Waals surface area (Å²) in [7, 11) is 0.